The van der Waals surface area contributed by atoms with E-state index in [4.69, 9.17) is 9.47 Å². The number of rotatable bonds is 9. The lowest BCUT2D eigenvalue weighted by molar-refractivity contribution is -0.143. The smallest absolute Gasteiger partial charge is 0.343 e. The van der Waals surface area contributed by atoms with Crippen LogP contribution < -0.4 is 14.8 Å². The van der Waals surface area contributed by atoms with E-state index in [9.17, 15) is 19.2 Å². The minimum absolute atomic E-state index is 0.180. The largest absolute Gasteiger partial charge is 0.490 e. The Hall–Kier alpha value is -3.06. The number of anilines is 1. The van der Waals surface area contributed by atoms with Gasteiger partial charge in [-0.05, 0) is 77.2 Å². The number of thioether (sulfide) groups is 1. The van der Waals surface area contributed by atoms with Crippen molar-refractivity contribution in [2.24, 2.45) is 0 Å². The van der Waals surface area contributed by atoms with Crippen LogP contribution in [0.25, 0.3) is 6.08 Å². The number of esters is 1. The molecule has 3 rings (SSSR count). The summed E-state index contributed by atoms with van der Waals surface area (Å²) in [6, 6.07) is 12.1. The van der Waals surface area contributed by atoms with Gasteiger partial charge in [0, 0.05) is 5.69 Å². The van der Waals surface area contributed by atoms with Crippen LogP contribution in [0.15, 0.2) is 47.4 Å². The van der Waals surface area contributed by atoms with Gasteiger partial charge in [-0.1, -0.05) is 18.2 Å². The lowest BCUT2D eigenvalue weighted by Crippen LogP contribution is -2.36. The highest BCUT2D eigenvalue weighted by Crippen LogP contribution is 2.37. The molecule has 0 radical (unpaired) electrons. The van der Waals surface area contributed by atoms with Gasteiger partial charge in [0.1, 0.15) is 6.54 Å². The summed E-state index contributed by atoms with van der Waals surface area (Å²) in [5.74, 6) is -0.818. The standard InChI is InChI=1S/C23H21IN2O7S/c1-3-32-17-10-14(9-16(24)21(17)33-13-20(28)31-2)11-18-22(29)26(23(30)34-18)12-19(27)25-15-7-5-4-6-8-15/h4-11H,3,12-13H2,1-2H3,(H,25,27)/b18-11+. The van der Waals surface area contributed by atoms with E-state index in [0.717, 1.165) is 16.7 Å². The van der Waals surface area contributed by atoms with E-state index in [1.807, 2.05) is 28.7 Å². The number of para-hydroxylation sites is 1. The fourth-order valence-corrected chi connectivity index (χ4v) is 4.54. The fourth-order valence-electron chi connectivity index (χ4n) is 2.92. The molecule has 0 aliphatic carbocycles. The minimum Gasteiger partial charge on any atom is -0.490 e. The van der Waals surface area contributed by atoms with Gasteiger partial charge in [0.15, 0.2) is 18.1 Å². The van der Waals surface area contributed by atoms with E-state index in [1.165, 1.54) is 7.11 Å². The van der Waals surface area contributed by atoms with Crippen molar-refractivity contribution in [3.8, 4) is 11.5 Å². The van der Waals surface area contributed by atoms with Crippen molar-refractivity contribution < 1.29 is 33.4 Å². The Balaban J connectivity index is 1.76. The Bertz CT molecular complexity index is 1140. The third kappa shape index (κ3) is 6.50. The van der Waals surface area contributed by atoms with Crippen LogP contribution in [0.3, 0.4) is 0 Å². The molecule has 1 heterocycles. The number of amides is 3. The van der Waals surface area contributed by atoms with Crippen molar-refractivity contribution in [1.82, 2.24) is 4.90 Å². The predicted octanol–water partition coefficient (Wildman–Crippen LogP) is 3.92. The first kappa shape index (κ1) is 25.6. The van der Waals surface area contributed by atoms with Crippen molar-refractivity contribution in [3.05, 3.63) is 56.5 Å². The van der Waals surface area contributed by atoms with Crippen molar-refractivity contribution in [2.45, 2.75) is 6.92 Å². The van der Waals surface area contributed by atoms with E-state index < -0.39 is 23.0 Å². The van der Waals surface area contributed by atoms with E-state index >= 15 is 0 Å². The number of methoxy groups -OCH3 is 1. The maximum Gasteiger partial charge on any atom is 0.343 e. The van der Waals surface area contributed by atoms with Crippen molar-refractivity contribution in [3.63, 3.8) is 0 Å². The number of imide groups is 1. The Kier molecular flexibility index (Phi) is 8.93. The molecule has 0 atom stereocenters. The maximum absolute atomic E-state index is 12.8. The molecule has 0 saturated carbocycles. The molecule has 1 aliphatic heterocycles. The van der Waals surface area contributed by atoms with Gasteiger partial charge in [-0.25, -0.2) is 4.79 Å². The summed E-state index contributed by atoms with van der Waals surface area (Å²) in [5, 5.41) is 2.13. The van der Waals surface area contributed by atoms with Crippen LogP contribution in [0.4, 0.5) is 10.5 Å². The number of carbonyl (C=O) groups is 4. The first-order chi connectivity index (χ1) is 16.3. The lowest BCUT2D eigenvalue weighted by atomic mass is 10.2. The molecule has 1 aliphatic rings. The van der Waals surface area contributed by atoms with Gasteiger partial charge < -0.3 is 19.5 Å². The highest BCUT2D eigenvalue weighted by molar-refractivity contribution is 14.1. The van der Waals surface area contributed by atoms with E-state index in [2.05, 4.69) is 10.1 Å². The zero-order chi connectivity index (χ0) is 24.7. The molecule has 0 spiro atoms. The molecule has 3 amide bonds. The molecule has 9 nitrogen and oxygen atoms in total. The van der Waals surface area contributed by atoms with Crippen LogP contribution in [-0.4, -0.2) is 54.8 Å². The first-order valence-electron chi connectivity index (χ1n) is 10.1. The van der Waals surface area contributed by atoms with Crippen LogP contribution in [0.1, 0.15) is 12.5 Å². The third-order valence-electron chi connectivity index (χ3n) is 4.42. The second kappa shape index (κ2) is 11.9. The minimum atomic E-state index is -0.558. The van der Waals surface area contributed by atoms with Gasteiger partial charge in [0.2, 0.25) is 5.91 Å². The molecule has 2 aromatic rings. The molecule has 1 N–H and O–H groups in total. The maximum atomic E-state index is 12.8. The number of hydrogen-bond acceptors (Lipinski definition) is 8. The average molecular weight is 596 g/mol. The molecular weight excluding hydrogens is 575 g/mol. The summed E-state index contributed by atoms with van der Waals surface area (Å²) >= 11 is 2.78. The lowest BCUT2D eigenvalue weighted by Gasteiger charge is -2.14. The zero-order valence-corrected chi connectivity index (χ0v) is 21.3. The predicted molar refractivity (Wildman–Crippen MR) is 136 cm³/mol. The van der Waals surface area contributed by atoms with Crippen molar-refractivity contribution in [2.75, 3.05) is 32.2 Å². The topological polar surface area (TPSA) is 111 Å². The van der Waals surface area contributed by atoms with Crippen LogP contribution in [0.2, 0.25) is 0 Å². The van der Waals surface area contributed by atoms with Gasteiger partial charge in [-0.2, -0.15) is 0 Å². The van der Waals surface area contributed by atoms with E-state index in [1.54, 1.807) is 49.4 Å². The molecule has 0 unspecified atom stereocenters. The number of ether oxygens (including phenoxy) is 3. The van der Waals surface area contributed by atoms with Gasteiger partial charge >= 0.3 is 5.97 Å². The number of nitrogens with zero attached hydrogens (tertiary/aromatic N) is 1. The molecule has 2 aromatic carbocycles. The normalized spacial score (nSPS) is 14.3. The monoisotopic (exact) mass is 596 g/mol. The van der Waals surface area contributed by atoms with E-state index in [-0.39, 0.29) is 18.1 Å². The Morgan fingerprint density at radius 3 is 2.56 bits per heavy atom. The van der Waals surface area contributed by atoms with Crippen LogP contribution in [0, 0.1) is 3.57 Å². The van der Waals surface area contributed by atoms with Gasteiger partial charge in [-0.15, -0.1) is 0 Å². The summed E-state index contributed by atoms with van der Waals surface area (Å²) in [5.41, 5.74) is 1.17. The van der Waals surface area contributed by atoms with E-state index in [0.29, 0.717) is 32.9 Å². The van der Waals surface area contributed by atoms with Crippen LogP contribution in [-0.2, 0) is 19.1 Å². The van der Waals surface area contributed by atoms with Gasteiger partial charge in [0.05, 0.1) is 22.2 Å². The number of carbonyl (C=O) groups excluding carboxylic acids is 4. The molecule has 0 aromatic heterocycles. The third-order valence-corrected chi connectivity index (χ3v) is 6.13. The Morgan fingerprint density at radius 2 is 1.88 bits per heavy atom. The summed E-state index contributed by atoms with van der Waals surface area (Å²) in [6.45, 7) is 1.48. The fraction of sp³-hybridized carbons (Fsp3) is 0.217. The molecule has 1 fully saturated rings. The Morgan fingerprint density at radius 1 is 1.15 bits per heavy atom. The van der Waals surface area contributed by atoms with Crippen molar-refractivity contribution in [1.29, 1.82) is 0 Å². The second-order valence-electron chi connectivity index (χ2n) is 6.81. The number of hydrogen-bond donors (Lipinski definition) is 1. The molecule has 34 heavy (non-hydrogen) atoms. The second-order valence-corrected chi connectivity index (χ2v) is 8.97. The Labute approximate surface area is 213 Å². The molecule has 178 valence electrons. The molecule has 0 bridgehead atoms. The molecule has 11 heteroatoms. The first-order valence-corrected chi connectivity index (χ1v) is 12.0. The van der Waals surface area contributed by atoms with Crippen LogP contribution in [0.5, 0.6) is 11.5 Å². The van der Waals surface area contributed by atoms with Gasteiger partial charge in [-0.3, -0.25) is 19.3 Å². The number of nitrogens with one attached hydrogen (secondary N) is 1. The highest BCUT2D eigenvalue weighted by atomic mass is 127. The quantitative estimate of drug-likeness (QED) is 0.264. The SMILES string of the molecule is CCOc1cc(/C=C2/SC(=O)N(CC(=O)Nc3ccccc3)C2=O)cc(I)c1OCC(=O)OC. The number of benzene rings is 2. The molecular formula is C23H21IN2O7S. The van der Waals surface area contributed by atoms with Crippen molar-refractivity contribution >= 4 is 69.1 Å². The summed E-state index contributed by atoms with van der Waals surface area (Å²) in [6.07, 6.45) is 1.55. The highest BCUT2D eigenvalue weighted by Gasteiger charge is 2.36. The average Bonchev–Trinajstić information content (AvgIpc) is 3.06. The zero-order valence-electron chi connectivity index (χ0n) is 18.3. The summed E-state index contributed by atoms with van der Waals surface area (Å²) in [4.78, 5) is 50.0. The van der Waals surface area contributed by atoms with Gasteiger partial charge in [0.25, 0.3) is 11.1 Å². The summed E-state index contributed by atoms with van der Waals surface area (Å²) in [7, 11) is 1.27. The summed E-state index contributed by atoms with van der Waals surface area (Å²) < 4.78 is 16.4. The molecule has 1 saturated heterocycles. The number of halogens is 1. The van der Waals surface area contributed by atoms with Crippen LogP contribution >= 0.6 is 34.4 Å².